The number of thioether (sulfide) groups is 1. The molecule has 2 aliphatic rings. The fourth-order valence-electron chi connectivity index (χ4n) is 3.24. The molecule has 0 saturated carbocycles. The molecule has 2 aliphatic heterocycles. The Balaban J connectivity index is 1.88. The van der Waals surface area contributed by atoms with E-state index in [1.807, 2.05) is 0 Å². The van der Waals surface area contributed by atoms with Gasteiger partial charge in [-0.15, -0.1) is 23.1 Å². The highest BCUT2D eigenvalue weighted by Crippen LogP contribution is 2.41. The van der Waals surface area contributed by atoms with Crippen molar-refractivity contribution >= 4 is 73.4 Å². The molecular weight excluding hydrogens is 581 g/mol. The fraction of sp³-hybridized carbons (Fsp3) is 0.368. The van der Waals surface area contributed by atoms with Crippen molar-refractivity contribution in [3.8, 4) is 0 Å². The molecule has 0 bridgehead atoms. The summed E-state index contributed by atoms with van der Waals surface area (Å²) in [5, 5.41) is 3.22. The van der Waals surface area contributed by atoms with Gasteiger partial charge in [0, 0.05) is 35.3 Å². The Morgan fingerprint density at radius 2 is 1.97 bits per heavy atom. The second-order valence-electron chi connectivity index (χ2n) is 7.70. The SMILES string of the molecule is CC(=O)OCC1=C(C(=O)OC(=O)C(F)(F)F)N2C(=O)C(NC(=O)/C(=C/S(C)(=O)=O)c3csc(N)n3)C2SC1. The number of alkyl halides is 3. The summed E-state index contributed by atoms with van der Waals surface area (Å²) >= 11 is 1.87. The Hall–Kier alpha value is -3.45. The Kier molecular flexibility index (Phi) is 8.22. The van der Waals surface area contributed by atoms with Gasteiger partial charge in [-0.1, -0.05) is 0 Å². The number of esters is 3. The molecule has 3 N–H and O–H groups in total. The summed E-state index contributed by atoms with van der Waals surface area (Å²) in [6.45, 7) is 0.440. The van der Waals surface area contributed by atoms with E-state index in [2.05, 4.69) is 15.0 Å². The Labute approximate surface area is 220 Å². The van der Waals surface area contributed by atoms with Crippen LogP contribution >= 0.6 is 23.1 Å². The molecule has 13 nitrogen and oxygen atoms in total. The van der Waals surface area contributed by atoms with Crippen molar-refractivity contribution < 1.29 is 55.0 Å². The average Bonchev–Trinajstić information content (AvgIpc) is 3.23. The summed E-state index contributed by atoms with van der Waals surface area (Å²) < 4.78 is 70.2. The van der Waals surface area contributed by atoms with Gasteiger partial charge in [-0.2, -0.15) is 13.2 Å². The van der Waals surface area contributed by atoms with Gasteiger partial charge in [0.15, 0.2) is 15.0 Å². The maximum atomic E-state index is 12.9. The first kappa shape index (κ1) is 29.1. The molecular formula is C19H17F3N4O9S3. The first-order valence-corrected chi connectivity index (χ1v) is 13.9. The lowest BCUT2D eigenvalue weighted by atomic mass is 10.0. The van der Waals surface area contributed by atoms with Crippen LogP contribution in [0.25, 0.3) is 5.57 Å². The lowest BCUT2D eigenvalue weighted by Gasteiger charge is -2.49. The van der Waals surface area contributed by atoms with E-state index in [-0.39, 0.29) is 22.2 Å². The summed E-state index contributed by atoms with van der Waals surface area (Å²) in [4.78, 5) is 65.3. The summed E-state index contributed by atoms with van der Waals surface area (Å²) in [6, 6.07) is -1.36. The van der Waals surface area contributed by atoms with E-state index in [1.165, 1.54) is 5.38 Å². The first-order valence-electron chi connectivity index (χ1n) is 10.1. The number of β-lactam (4-membered cyclic amide) rings is 1. The third kappa shape index (κ3) is 6.51. The van der Waals surface area contributed by atoms with Gasteiger partial charge < -0.3 is 20.5 Å². The highest BCUT2D eigenvalue weighted by molar-refractivity contribution is 8.00. The van der Waals surface area contributed by atoms with Crippen LogP contribution in [0, 0.1) is 0 Å². The number of nitrogen functional groups attached to an aromatic ring is 1. The van der Waals surface area contributed by atoms with Gasteiger partial charge in [0.05, 0.1) is 11.3 Å². The molecule has 0 aliphatic carbocycles. The number of fused-ring (bicyclic) bond motifs is 1. The highest BCUT2D eigenvalue weighted by Gasteiger charge is 2.55. The third-order valence-electron chi connectivity index (χ3n) is 4.77. The number of nitrogens with one attached hydrogen (secondary N) is 1. The number of carbonyl (C=O) groups excluding carboxylic acids is 5. The number of anilines is 1. The molecule has 1 fully saturated rings. The molecule has 206 valence electrons. The van der Waals surface area contributed by atoms with Crippen LogP contribution in [-0.2, 0) is 43.3 Å². The number of carbonyl (C=O) groups is 5. The van der Waals surface area contributed by atoms with Gasteiger partial charge in [0.2, 0.25) is 0 Å². The highest BCUT2D eigenvalue weighted by atomic mass is 32.2. The van der Waals surface area contributed by atoms with Crippen LogP contribution in [0.2, 0.25) is 0 Å². The van der Waals surface area contributed by atoms with Crippen LogP contribution in [0.4, 0.5) is 18.3 Å². The number of thiazole rings is 1. The van der Waals surface area contributed by atoms with Gasteiger partial charge in [0.1, 0.15) is 23.7 Å². The third-order valence-corrected chi connectivity index (χ3v) is 7.45. The molecule has 2 amide bonds. The first-order chi connectivity index (χ1) is 17.5. The van der Waals surface area contributed by atoms with E-state index in [1.54, 1.807) is 0 Å². The molecule has 0 radical (unpaired) electrons. The average molecular weight is 599 g/mol. The van der Waals surface area contributed by atoms with Gasteiger partial charge in [-0.25, -0.2) is 23.0 Å². The largest absolute Gasteiger partial charge is 0.491 e. The van der Waals surface area contributed by atoms with Crippen molar-refractivity contribution in [1.82, 2.24) is 15.2 Å². The Bertz CT molecular complexity index is 1380. The quantitative estimate of drug-likeness (QED) is 0.184. The molecule has 2 atom stereocenters. The normalized spacial score (nSPS) is 19.9. The van der Waals surface area contributed by atoms with Gasteiger partial charge in [0.25, 0.3) is 11.8 Å². The monoisotopic (exact) mass is 598 g/mol. The maximum absolute atomic E-state index is 12.9. The van der Waals surface area contributed by atoms with Crippen LogP contribution in [-0.4, -0.2) is 84.2 Å². The number of hydrogen-bond acceptors (Lipinski definition) is 13. The summed E-state index contributed by atoms with van der Waals surface area (Å²) in [6.07, 6.45) is -4.69. The van der Waals surface area contributed by atoms with Crippen molar-refractivity contribution in [1.29, 1.82) is 0 Å². The lowest BCUT2D eigenvalue weighted by Crippen LogP contribution is -2.70. The number of nitrogens with two attached hydrogens (primary N) is 1. The number of rotatable bonds is 7. The fourth-order valence-corrected chi connectivity index (χ4v) is 5.78. The molecule has 1 saturated heterocycles. The van der Waals surface area contributed by atoms with Crippen molar-refractivity contribution in [2.45, 2.75) is 24.5 Å². The smallest absolute Gasteiger partial charge is 0.461 e. The molecule has 1 aromatic heterocycles. The number of hydrogen-bond donors (Lipinski definition) is 2. The molecule has 3 rings (SSSR count). The van der Waals surface area contributed by atoms with E-state index in [0.717, 1.165) is 36.3 Å². The van der Waals surface area contributed by atoms with Crippen LogP contribution in [0.15, 0.2) is 22.1 Å². The number of ether oxygens (including phenoxy) is 2. The predicted molar refractivity (Wildman–Crippen MR) is 125 cm³/mol. The van der Waals surface area contributed by atoms with E-state index >= 15 is 0 Å². The molecule has 19 heteroatoms. The Morgan fingerprint density at radius 1 is 1.32 bits per heavy atom. The standard InChI is InChI=1S/C19H17F3N4O9S3/c1-7(27)34-3-8-4-36-15-11(14(29)26(15)12(8)16(30)35-17(31)19(20,21)22)25-13(28)9(6-38(2,32)33)10-5-37-18(23)24-10/h5-6,11,15H,3-4H2,1-2H3,(H2,23,24)(H,25,28)/b9-6+. The second kappa shape index (κ2) is 10.7. The van der Waals surface area contributed by atoms with Crippen LogP contribution in [0.5, 0.6) is 0 Å². The lowest BCUT2D eigenvalue weighted by molar-refractivity contribution is -0.201. The van der Waals surface area contributed by atoms with Crippen LogP contribution in [0.1, 0.15) is 12.6 Å². The topological polar surface area (TPSA) is 192 Å². The number of sulfone groups is 1. The number of halogens is 3. The summed E-state index contributed by atoms with van der Waals surface area (Å²) in [5.74, 6) is -7.62. The molecule has 38 heavy (non-hydrogen) atoms. The van der Waals surface area contributed by atoms with Crippen molar-refractivity contribution in [3.05, 3.63) is 27.8 Å². The summed E-state index contributed by atoms with van der Waals surface area (Å²) in [7, 11) is -3.87. The second-order valence-corrected chi connectivity index (χ2v) is 11.6. The predicted octanol–water partition coefficient (Wildman–Crippen LogP) is -0.0400. The van der Waals surface area contributed by atoms with Crippen LogP contribution < -0.4 is 11.1 Å². The maximum Gasteiger partial charge on any atom is 0.491 e. The van der Waals surface area contributed by atoms with Crippen molar-refractivity contribution in [3.63, 3.8) is 0 Å². The minimum atomic E-state index is -5.51. The van der Waals surface area contributed by atoms with Gasteiger partial charge >= 0.3 is 24.1 Å². The molecule has 0 spiro atoms. The number of nitrogens with zero attached hydrogens (tertiary/aromatic N) is 2. The molecule has 1 aromatic rings. The van der Waals surface area contributed by atoms with E-state index in [9.17, 15) is 45.6 Å². The number of amides is 2. The van der Waals surface area contributed by atoms with Crippen LogP contribution in [0.3, 0.4) is 0 Å². The zero-order valence-corrected chi connectivity index (χ0v) is 21.7. The minimum absolute atomic E-state index is 0.0305. The van der Waals surface area contributed by atoms with E-state index in [4.69, 9.17) is 10.5 Å². The zero-order valence-electron chi connectivity index (χ0n) is 19.2. The zero-order chi connectivity index (χ0) is 28.6. The minimum Gasteiger partial charge on any atom is -0.461 e. The van der Waals surface area contributed by atoms with E-state index in [0.29, 0.717) is 10.3 Å². The van der Waals surface area contributed by atoms with Gasteiger partial charge in [-0.3, -0.25) is 19.3 Å². The summed E-state index contributed by atoms with van der Waals surface area (Å²) in [5.41, 5.74) is 4.16. The molecule has 0 aromatic carbocycles. The van der Waals surface area contributed by atoms with Crippen molar-refractivity contribution in [2.75, 3.05) is 24.3 Å². The van der Waals surface area contributed by atoms with Gasteiger partial charge in [-0.05, 0) is 0 Å². The molecule has 3 heterocycles. The van der Waals surface area contributed by atoms with E-state index < -0.39 is 75.0 Å². The van der Waals surface area contributed by atoms with Crippen molar-refractivity contribution in [2.24, 2.45) is 0 Å². The Morgan fingerprint density at radius 3 is 2.50 bits per heavy atom. The number of aromatic nitrogens is 1. The molecule has 2 unspecified atom stereocenters.